The molecular formula is C23H23N5O4S. The summed E-state index contributed by atoms with van der Waals surface area (Å²) in [6.07, 6.45) is 1.56. The van der Waals surface area contributed by atoms with Gasteiger partial charge in [-0.05, 0) is 25.0 Å². The SMILES string of the molecule is O=C(CN1CCC(NC(=O)c2ccccc2)CC1)Nc1nc(-c2cccc([N+](=O)[O-])c2)cs1. The summed E-state index contributed by atoms with van der Waals surface area (Å²) in [6.45, 7) is 1.67. The molecule has 3 aromatic rings. The van der Waals surface area contributed by atoms with Gasteiger partial charge in [-0.2, -0.15) is 0 Å². The second kappa shape index (κ2) is 10.3. The molecule has 0 bridgehead atoms. The summed E-state index contributed by atoms with van der Waals surface area (Å²) in [4.78, 5) is 41.7. The topological polar surface area (TPSA) is 117 Å². The van der Waals surface area contributed by atoms with Crippen LogP contribution < -0.4 is 10.6 Å². The number of nitro benzene ring substituents is 1. The molecule has 2 N–H and O–H groups in total. The lowest BCUT2D eigenvalue weighted by Crippen LogP contribution is -2.46. The van der Waals surface area contributed by atoms with E-state index < -0.39 is 4.92 Å². The van der Waals surface area contributed by atoms with Crippen molar-refractivity contribution in [2.75, 3.05) is 25.0 Å². The Morgan fingerprint density at radius 2 is 1.88 bits per heavy atom. The lowest BCUT2D eigenvalue weighted by atomic mass is 10.0. The van der Waals surface area contributed by atoms with Gasteiger partial charge in [-0.3, -0.25) is 24.6 Å². The van der Waals surface area contributed by atoms with Gasteiger partial charge in [-0.25, -0.2) is 4.98 Å². The van der Waals surface area contributed by atoms with Gasteiger partial charge in [-0.15, -0.1) is 11.3 Å². The maximum absolute atomic E-state index is 12.5. The van der Waals surface area contributed by atoms with Gasteiger partial charge in [0, 0.05) is 47.8 Å². The number of carbonyl (C=O) groups excluding carboxylic acids is 2. The predicted octanol–water partition coefficient (Wildman–Crippen LogP) is 3.55. The van der Waals surface area contributed by atoms with Crippen molar-refractivity contribution in [3.8, 4) is 11.3 Å². The summed E-state index contributed by atoms with van der Waals surface area (Å²) in [5.74, 6) is -0.239. The minimum absolute atomic E-state index is 0.00514. The Hall–Kier alpha value is -3.63. The van der Waals surface area contributed by atoms with Crippen LogP contribution in [0.1, 0.15) is 23.2 Å². The van der Waals surface area contributed by atoms with Gasteiger partial charge in [0.2, 0.25) is 5.91 Å². The van der Waals surface area contributed by atoms with Crippen molar-refractivity contribution >= 4 is 34.0 Å². The number of hydrogen-bond acceptors (Lipinski definition) is 7. The molecule has 1 fully saturated rings. The standard InChI is InChI=1S/C23H23N5O4S/c29-21(26-23-25-20(15-33-23)17-7-4-8-19(13-17)28(31)32)14-27-11-9-18(10-12-27)24-22(30)16-5-2-1-3-6-16/h1-8,13,15,18H,9-12,14H2,(H,24,30)(H,25,26,29). The van der Waals surface area contributed by atoms with Crippen LogP contribution >= 0.6 is 11.3 Å². The lowest BCUT2D eigenvalue weighted by Gasteiger charge is -2.31. The van der Waals surface area contributed by atoms with Crippen molar-refractivity contribution in [3.05, 3.63) is 75.7 Å². The fourth-order valence-corrected chi connectivity index (χ4v) is 4.43. The maximum Gasteiger partial charge on any atom is 0.270 e. The number of nitro groups is 1. The third kappa shape index (κ3) is 5.99. The van der Waals surface area contributed by atoms with Crippen LogP contribution in [-0.4, -0.2) is 52.3 Å². The minimum Gasteiger partial charge on any atom is -0.349 e. The Bertz CT molecular complexity index is 1140. The van der Waals surface area contributed by atoms with Crippen LogP contribution in [0.4, 0.5) is 10.8 Å². The first kappa shape index (κ1) is 22.6. The zero-order chi connectivity index (χ0) is 23.2. The summed E-state index contributed by atoms with van der Waals surface area (Å²) in [7, 11) is 0. The van der Waals surface area contributed by atoms with Gasteiger partial charge in [0.25, 0.3) is 11.6 Å². The number of piperidine rings is 1. The number of hydrogen-bond donors (Lipinski definition) is 2. The van der Waals surface area contributed by atoms with Crippen molar-refractivity contribution in [3.63, 3.8) is 0 Å². The number of likely N-dealkylation sites (tertiary alicyclic amines) is 1. The van der Waals surface area contributed by atoms with Crippen molar-refractivity contribution in [1.29, 1.82) is 0 Å². The normalized spacial score (nSPS) is 14.5. The minimum atomic E-state index is -0.450. The summed E-state index contributed by atoms with van der Waals surface area (Å²) in [5, 5.41) is 19.0. The Balaban J connectivity index is 1.24. The molecule has 33 heavy (non-hydrogen) atoms. The molecular weight excluding hydrogens is 442 g/mol. The number of benzene rings is 2. The van der Waals surface area contributed by atoms with Crippen LogP contribution in [0.2, 0.25) is 0 Å². The number of carbonyl (C=O) groups is 2. The summed E-state index contributed by atoms with van der Waals surface area (Å²) in [5.41, 5.74) is 1.84. The molecule has 2 amide bonds. The van der Waals surface area contributed by atoms with Gasteiger partial charge in [0.1, 0.15) is 0 Å². The average molecular weight is 466 g/mol. The highest BCUT2D eigenvalue weighted by atomic mass is 32.1. The first-order valence-corrected chi connectivity index (χ1v) is 11.4. The zero-order valence-electron chi connectivity index (χ0n) is 17.8. The fourth-order valence-electron chi connectivity index (χ4n) is 3.70. The number of non-ortho nitro benzene ring substituents is 1. The molecule has 0 atom stereocenters. The summed E-state index contributed by atoms with van der Waals surface area (Å²) < 4.78 is 0. The molecule has 2 heterocycles. The number of nitrogens with zero attached hydrogens (tertiary/aromatic N) is 3. The van der Waals surface area contributed by atoms with E-state index >= 15 is 0 Å². The first-order valence-electron chi connectivity index (χ1n) is 10.6. The maximum atomic E-state index is 12.5. The van der Waals surface area contributed by atoms with E-state index in [0.717, 1.165) is 12.8 Å². The Labute approximate surface area is 194 Å². The predicted molar refractivity (Wildman–Crippen MR) is 126 cm³/mol. The molecule has 0 spiro atoms. The second-order valence-corrected chi connectivity index (χ2v) is 8.64. The van der Waals surface area contributed by atoms with Gasteiger partial charge in [0.15, 0.2) is 5.13 Å². The van der Waals surface area contributed by atoms with E-state index in [4.69, 9.17) is 0 Å². The zero-order valence-corrected chi connectivity index (χ0v) is 18.6. The van der Waals surface area contributed by atoms with Crippen molar-refractivity contribution < 1.29 is 14.5 Å². The Morgan fingerprint density at radius 1 is 1.12 bits per heavy atom. The highest BCUT2D eigenvalue weighted by Crippen LogP contribution is 2.27. The van der Waals surface area contributed by atoms with E-state index in [0.29, 0.717) is 35.0 Å². The van der Waals surface area contributed by atoms with Crippen LogP contribution in [-0.2, 0) is 4.79 Å². The quantitative estimate of drug-likeness (QED) is 0.407. The molecule has 1 aromatic heterocycles. The monoisotopic (exact) mass is 465 g/mol. The van der Waals surface area contributed by atoms with E-state index in [9.17, 15) is 19.7 Å². The third-order valence-corrected chi connectivity index (χ3v) is 6.19. The number of anilines is 1. The van der Waals surface area contributed by atoms with Gasteiger partial charge in [-0.1, -0.05) is 30.3 Å². The van der Waals surface area contributed by atoms with E-state index in [1.54, 1.807) is 29.6 Å². The Morgan fingerprint density at radius 3 is 2.61 bits per heavy atom. The van der Waals surface area contributed by atoms with E-state index in [2.05, 4.69) is 20.5 Å². The summed E-state index contributed by atoms with van der Waals surface area (Å²) in [6, 6.07) is 15.5. The van der Waals surface area contributed by atoms with Crippen LogP contribution in [0, 0.1) is 10.1 Å². The average Bonchev–Trinajstić information content (AvgIpc) is 3.29. The molecule has 10 heteroatoms. The largest absolute Gasteiger partial charge is 0.349 e. The molecule has 170 valence electrons. The number of aromatic nitrogens is 1. The van der Waals surface area contributed by atoms with Crippen molar-refractivity contribution in [1.82, 2.24) is 15.2 Å². The summed E-state index contributed by atoms with van der Waals surface area (Å²) >= 11 is 1.28. The number of rotatable bonds is 7. The van der Waals surface area contributed by atoms with Gasteiger partial charge < -0.3 is 10.6 Å². The Kier molecular flexibility index (Phi) is 7.06. The molecule has 0 unspecified atom stereocenters. The molecule has 1 aliphatic heterocycles. The number of nitrogens with one attached hydrogen (secondary N) is 2. The molecule has 1 aliphatic rings. The molecule has 4 rings (SSSR count). The molecule has 2 aromatic carbocycles. The third-order valence-electron chi connectivity index (χ3n) is 5.43. The second-order valence-electron chi connectivity index (χ2n) is 7.78. The van der Waals surface area contributed by atoms with Crippen molar-refractivity contribution in [2.45, 2.75) is 18.9 Å². The van der Waals surface area contributed by atoms with Gasteiger partial charge in [0.05, 0.1) is 17.2 Å². The van der Waals surface area contributed by atoms with E-state index in [1.165, 1.54) is 23.5 Å². The highest BCUT2D eigenvalue weighted by Gasteiger charge is 2.23. The number of thiazole rings is 1. The van der Waals surface area contributed by atoms with Gasteiger partial charge >= 0.3 is 0 Å². The molecule has 0 aliphatic carbocycles. The highest BCUT2D eigenvalue weighted by molar-refractivity contribution is 7.14. The molecule has 1 saturated heterocycles. The molecule has 0 saturated carbocycles. The van der Waals surface area contributed by atoms with E-state index in [1.807, 2.05) is 18.2 Å². The fraction of sp³-hybridized carbons (Fsp3) is 0.261. The molecule has 9 nitrogen and oxygen atoms in total. The smallest absolute Gasteiger partial charge is 0.270 e. The van der Waals surface area contributed by atoms with Crippen LogP contribution in [0.5, 0.6) is 0 Å². The lowest BCUT2D eigenvalue weighted by molar-refractivity contribution is -0.384. The van der Waals surface area contributed by atoms with Crippen LogP contribution in [0.3, 0.4) is 0 Å². The van der Waals surface area contributed by atoms with Crippen LogP contribution in [0.15, 0.2) is 60.0 Å². The van der Waals surface area contributed by atoms with Crippen molar-refractivity contribution in [2.24, 2.45) is 0 Å². The first-order chi connectivity index (χ1) is 16.0. The van der Waals surface area contributed by atoms with Crippen LogP contribution in [0.25, 0.3) is 11.3 Å². The number of amides is 2. The van der Waals surface area contributed by atoms with E-state index in [-0.39, 0.29) is 30.1 Å². The molecule has 0 radical (unpaired) electrons.